The van der Waals surface area contributed by atoms with E-state index in [2.05, 4.69) is 33.3 Å². The molecule has 0 radical (unpaired) electrons. The average molecular weight is 906 g/mol. The number of phenols is 2. The van der Waals surface area contributed by atoms with Gasteiger partial charge in [-0.15, -0.1) is 0 Å². The molecule has 0 saturated carbocycles. The Balaban J connectivity index is 0.680. The minimum absolute atomic E-state index is 0.0458. The summed E-state index contributed by atoms with van der Waals surface area (Å²) in [4.78, 5) is 71.5. The number of amides is 5. The monoisotopic (exact) mass is 905 g/mol. The second-order valence-corrected chi connectivity index (χ2v) is 16.7. The van der Waals surface area contributed by atoms with Crippen LogP contribution in [0.1, 0.15) is 71.7 Å². The number of hydrogen-bond acceptors (Lipinski definition) is 14. The lowest BCUT2D eigenvalue weighted by Gasteiger charge is -2.34. The van der Waals surface area contributed by atoms with Crippen molar-refractivity contribution >= 4 is 29.5 Å². The zero-order valence-electron chi connectivity index (χ0n) is 37.0. The molecule has 8 rings (SSSR count). The summed E-state index contributed by atoms with van der Waals surface area (Å²) < 4.78 is 28.9. The van der Waals surface area contributed by atoms with Crippen LogP contribution in [0.15, 0.2) is 72.8 Å². The summed E-state index contributed by atoms with van der Waals surface area (Å²) in [5, 5.41) is 23.5. The van der Waals surface area contributed by atoms with Crippen LogP contribution in [0.4, 0.5) is 0 Å². The average Bonchev–Trinajstić information content (AvgIpc) is 3.85. The number of ether oxygens (including phenoxy) is 5. The summed E-state index contributed by atoms with van der Waals surface area (Å²) >= 11 is 0. The summed E-state index contributed by atoms with van der Waals surface area (Å²) in [7, 11) is 0. The lowest BCUT2D eigenvalue weighted by molar-refractivity contribution is -0.136. The van der Waals surface area contributed by atoms with Crippen LogP contribution in [0.25, 0.3) is 0 Å². The number of hydrogen-bond donors (Lipinski definition) is 3. The first-order chi connectivity index (χ1) is 32.0. The lowest BCUT2D eigenvalue weighted by Crippen LogP contribution is -2.54. The van der Waals surface area contributed by atoms with E-state index in [1.165, 1.54) is 17.7 Å². The number of nitrogens with one attached hydrogen (secondary N) is 1. The van der Waals surface area contributed by atoms with Gasteiger partial charge in [-0.1, -0.05) is 54.6 Å². The van der Waals surface area contributed by atoms with Crippen LogP contribution in [-0.4, -0.2) is 144 Å². The van der Waals surface area contributed by atoms with E-state index in [0.29, 0.717) is 51.7 Å². The third kappa shape index (κ3) is 10.7. The summed E-state index contributed by atoms with van der Waals surface area (Å²) in [5.74, 6) is -2.71. The third-order valence-electron chi connectivity index (χ3n) is 12.3. The fourth-order valence-electron chi connectivity index (χ4n) is 8.67. The van der Waals surface area contributed by atoms with Crippen molar-refractivity contribution in [2.75, 3.05) is 79.0 Å². The van der Waals surface area contributed by atoms with E-state index in [1.54, 1.807) is 24.0 Å². The highest BCUT2D eigenvalue weighted by Crippen LogP contribution is 2.40. The van der Waals surface area contributed by atoms with Crippen LogP contribution < -0.4 is 14.8 Å². The number of piperidine rings is 1. The molecule has 4 aliphatic rings. The molecule has 1 unspecified atom stereocenters. The summed E-state index contributed by atoms with van der Waals surface area (Å²) in [5.41, 5.74) is 4.93. The number of aromatic hydroxyl groups is 2. The number of carbonyl (C=O) groups is 5. The van der Waals surface area contributed by atoms with Gasteiger partial charge in [0.25, 0.3) is 17.7 Å². The Hall–Kier alpha value is -6.37. The quantitative estimate of drug-likeness (QED) is 0.0856. The number of carbonyl (C=O) groups excluding carboxylic acids is 5. The Bertz CT molecular complexity index is 2440. The maximum absolute atomic E-state index is 13.9. The van der Waals surface area contributed by atoms with Crippen LogP contribution in [0.3, 0.4) is 0 Å². The Kier molecular flexibility index (Phi) is 14.9. The SMILES string of the molecule is Cc1c(O)cc(O)c(C(=O)N2Cc3ccc(CN4CCN(CCOCCOCCOCCOc5cccc6c5C(=O)N(C5CCC(=O)NC5=O)C6=O)CC4)cc3C2)c1OCc1ccccc1. The maximum Gasteiger partial charge on any atom is 0.266 e. The molecule has 1 atom stereocenters. The standard InChI is InChI=1S/C49H55N5O12/c1-32-39(55)27-40(56)44(45(32)66-31-33-6-3-2-4-7-33)48(60)53-29-35-11-10-34(26-36(35)30-53)28-52-16-14-51(15-17-52)18-19-62-20-21-63-22-23-64-24-25-65-41-9-5-8-37-43(41)49(61)54(47(37)59)38-12-13-42(57)50-46(38)58/h2-11,26-27,38,55-56H,12-25,28-31H2,1H3,(H,50,57,58). The molecule has 0 spiro atoms. The van der Waals surface area contributed by atoms with E-state index in [0.717, 1.165) is 60.9 Å². The van der Waals surface area contributed by atoms with Gasteiger partial charge in [-0.25, -0.2) is 0 Å². The van der Waals surface area contributed by atoms with Gasteiger partial charge in [0.2, 0.25) is 11.8 Å². The van der Waals surface area contributed by atoms with E-state index in [-0.39, 0.29) is 78.3 Å². The predicted octanol–water partition coefficient (Wildman–Crippen LogP) is 3.79. The van der Waals surface area contributed by atoms with Crippen molar-refractivity contribution in [1.82, 2.24) is 24.9 Å². The minimum atomic E-state index is -1.05. The van der Waals surface area contributed by atoms with Crippen LogP contribution >= 0.6 is 0 Å². The van der Waals surface area contributed by atoms with Crippen LogP contribution in [-0.2, 0) is 50.0 Å². The molecule has 17 heteroatoms. The molecule has 2 saturated heterocycles. The molecule has 0 aliphatic carbocycles. The van der Waals surface area contributed by atoms with Crippen molar-refractivity contribution in [3.8, 4) is 23.0 Å². The number of rotatable bonds is 20. The fraction of sp³-hybridized carbons (Fsp3) is 0.408. The highest BCUT2D eigenvalue weighted by molar-refractivity contribution is 6.24. The summed E-state index contributed by atoms with van der Waals surface area (Å²) in [6.45, 7) is 10.6. The Morgan fingerprint density at radius 3 is 2.15 bits per heavy atom. The van der Waals surface area contributed by atoms with E-state index >= 15 is 0 Å². The van der Waals surface area contributed by atoms with Gasteiger partial charge < -0.3 is 38.8 Å². The predicted molar refractivity (Wildman–Crippen MR) is 238 cm³/mol. The molecule has 4 heterocycles. The van der Waals surface area contributed by atoms with Gasteiger partial charge in [0.15, 0.2) is 0 Å². The van der Waals surface area contributed by atoms with Crippen LogP contribution in [0.5, 0.6) is 23.0 Å². The van der Waals surface area contributed by atoms with Gasteiger partial charge in [0, 0.05) is 70.4 Å². The van der Waals surface area contributed by atoms with Gasteiger partial charge in [0.05, 0.1) is 50.8 Å². The van der Waals surface area contributed by atoms with Crippen LogP contribution in [0.2, 0.25) is 0 Å². The van der Waals surface area contributed by atoms with Crippen molar-refractivity contribution < 1.29 is 57.9 Å². The molecule has 4 aliphatic heterocycles. The number of piperazine rings is 1. The highest BCUT2D eigenvalue weighted by Gasteiger charge is 2.46. The Morgan fingerprint density at radius 2 is 1.41 bits per heavy atom. The van der Waals surface area contributed by atoms with Crippen molar-refractivity contribution in [2.24, 2.45) is 0 Å². The van der Waals surface area contributed by atoms with E-state index < -0.39 is 29.7 Å². The van der Waals surface area contributed by atoms with Crippen molar-refractivity contribution in [3.05, 3.63) is 117 Å². The molecule has 3 N–H and O–H groups in total. The number of benzene rings is 4. The first kappa shape index (κ1) is 46.2. The molecule has 17 nitrogen and oxygen atoms in total. The van der Waals surface area contributed by atoms with E-state index in [4.69, 9.17) is 23.7 Å². The molecule has 2 fully saturated rings. The van der Waals surface area contributed by atoms with Gasteiger partial charge in [-0.3, -0.25) is 44.0 Å². The molecular weight excluding hydrogens is 851 g/mol. The minimum Gasteiger partial charge on any atom is -0.507 e. The first-order valence-corrected chi connectivity index (χ1v) is 22.3. The lowest BCUT2D eigenvalue weighted by atomic mass is 10.0. The third-order valence-corrected chi connectivity index (χ3v) is 12.3. The van der Waals surface area contributed by atoms with Crippen molar-refractivity contribution in [2.45, 2.75) is 52.0 Å². The second-order valence-electron chi connectivity index (χ2n) is 16.7. The summed E-state index contributed by atoms with van der Waals surface area (Å²) in [6, 6.07) is 20.8. The number of phenolic OH excluding ortho intramolecular Hbond substituents is 2. The fourth-order valence-corrected chi connectivity index (χ4v) is 8.67. The zero-order valence-corrected chi connectivity index (χ0v) is 37.0. The first-order valence-electron chi connectivity index (χ1n) is 22.3. The number of nitrogens with zero attached hydrogens (tertiary/aromatic N) is 4. The molecule has 0 bridgehead atoms. The zero-order chi connectivity index (χ0) is 46.2. The normalized spacial score (nSPS) is 17.6. The molecule has 4 aromatic rings. The number of fused-ring (bicyclic) bond motifs is 2. The van der Waals surface area contributed by atoms with Crippen molar-refractivity contribution in [1.29, 1.82) is 0 Å². The smallest absolute Gasteiger partial charge is 0.266 e. The molecule has 5 amide bonds. The Labute approximate surface area is 382 Å². The van der Waals surface area contributed by atoms with Gasteiger partial charge in [0.1, 0.15) is 47.8 Å². The van der Waals surface area contributed by atoms with Crippen LogP contribution in [0, 0.1) is 6.92 Å². The van der Waals surface area contributed by atoms with Gasteiger partial charge in [-0.05, 0) is 47.7 Å². The molecule has 0 aromatic heterocycles. The topological polar surface area (TPSA) is 197 Å². The number of imide groups is 2. The molecule has 66 heavy (non-hydrogen) atoms. The second kappa shape index (κ2) is 21.3. The van der Waals surface area contributed by atoms with Gasteiger partial charge in [-0.2, -0.15) is 0 Å². The van der Waals surface area contributed by atoms with Crippen molar-refractivity contribution in [3.63, 3.8) is 0 Å². The van der Waals surface area contributed by atoms with E-state index in [9.17, 15) is 34.2 Å². The van der Waals surface area contributed by atoms with E-state index in [1.807, 2.05) is 30.3 Å². The summed E-state index contributed by atoms with van der Waals surface area (Å²) in [6.07, 6.45) is 0.125. The molecule has 4 aromatic carbocycles. The highest BCUT2D eigenvalue weighted by atomic mass is 16.6. The molecular formula is C49H55N5O12. The van der Waals surface area contributed by atoms with Gasteiger partial charge >= 0.3 is 0 Å². The largest absolute Gasteiger partial charge is 0.507 e. The maximum atomic E-state index is 13.9. The molecule has 348 valence electrons. The Morgan fingerprint density at radius 1 is 0.712 bits per heavy atom.